The highest BCUT2D eigenvalue weighted by molar-refractivity contribution is 7.93. The number of hydrogen-bond donors (Lipinski definition) is 1. The van der Waals surface area contributed by atoms with Gasteiger partial charge >= 0.3 is 0 Å². The van der Waals surface area contributed by atoms with E-state index in [-0.39, 0.29) is 16.5 Å². The molecule has 29 heavy (non-hydrogen) atoms. The molecule has 3 aromatic rings. The molecule has 1 aromatic heterocycles. The Morgan fingerprint density at radius 3 is 2.48 bits per heavy atom. The van der Waals surface area contributed by atoms with Gasteiger partial charge in [-0.1, -0.05) is 35.9 Å². The molecular formula is C19H17ClN2O4S3. The van der Waals surface area contributed by atoms with Crippen molar-refractivity contribution in [3.8, 4) is 0 Å². The van der Waals surface area contributed by atoms with Gasteiger partial charge in [-0.2, -0.15) is 4.31 Å². The van der Waals surface area contributed by atoms with Gasteiger partial charge in [-0.15, -0.1) is 11.3 Å². The molecule has 6 nitrogen and oxygen atoms in total. The van der Waals surface area contributed by atoms with Gasteiger partial charge in [-0.3, -0.25) is 4.72 Å². The predicted octanol–water partition coefficient (Wildman–Crippen LogP) is 3.95. The van der Waals surface area contributed by atoms with Crippen molar-refractivity contribution in [1.82, 2.24) is 4.31 Å². The molecule has 4 rings (SSSR count). The summed E-state index contributed by atoms with van der Waals surface area (Å²) >= 11 is 7.20. The molecule has 0 bridgehead atoms. The van der Waals surface area contributed by atoms with E-state index in [1.807, 2.05) is 6.07 Å². The van der Waals surface area contributed by atoms with E-state index in [1.54, 1.807) is 41.8 Å². The van der Waals surface area contributed by atoms with Gasteiger partial charge in [-0.05, 0) is 53.3 Å². The van der Waals surface area contributed by atoms with E-state index in [1.165, 1.54) is 27.8 Å². The first-order valence-electron chi connectivity index (χ1n) is 8.70. The first kappa shape index (κ1) is 20.4. The first-order chi connectivity index (χ1) is 13.8. The summed E-state index contributed by atoms with van der Waals surface area (Å²) in [4.78, 5) is -0.0127. The zero-order chi connectivity index (χ0) is 20.6. The number of nitrogens with zero attached hydrogens (tertiary/aromatic N) is 1. The van der Waals surface area contributed by atoms with E-state index in [4.69, 9.17) is 11.6 Å². The van der Waals surface area contributed by atoms with E-state index in [0.717, 1.165) is 11.1 Å². The summed E-state index contributed by atoms with van der Waals surface area (Å²) in [7, 11) is -7.42. The molecule has 1 aliphatic heterocycles. The normalized spacial score (nSPS) is 15.1. The van der Waals surface area contributed by atoms with Crippen LogP contribution in [-0.2, 0) is 33.0 Å². The van der Waals surface area contributed by atoms with E-state index in [2.05, 4.69) is 4.72 Å². The van der Waals surface area contributed by atoms with E-state index < -0.39 is 20.0 Å². The molecule has 0 saturated carbocycles. The van der Waals surface area contributed by atoms with Crippen LogP contribution in [0.5, 0.6) is 0 Å². The smallest absolute Gasteiger partial charge is 0.263 e. The molecule has 0 fully saturated rings. The molecule has 0 atom stereocenters. The molecule has 0 radical (unpaired) electrons. The largest absolute Gasteiger partial charge is 0.280 e. The van der Waals surface area contributed by atoms with Crippen molar-refractivity contribution in [2.45, 2.75) is 22.1 Å². The first-order valence-corrected chi connectivity index (χ1v) is 12.9. The highest BCUT2D eigenvalue weighted by atomic mass is 35.5. The Labute approximate surface area is 178 Å². The number of thiophene rings is 1. The maximum Gasteiger partial charge on any atom is 0.263 e. The second-order valence-corrected chi connectivity index (χ2v) is 11.7. The third-order valence-corrected chi connectivity index (χ3v) is 9.75. The number of sulfonamides is 2. The van der Waals surface area contributed by atoms with Crippen LogP contribution in [0.2, 0.25) is 5.02 Å². The van der Waals surface area contributed by atoms with Gasteiger partial charge in [0.2, 0.25) is 0 Å². The summed E-state index contributed by atoms with van der Waals surface area (Å²) in [6.45, 7) is 0.579. The van der Waals surface area contributed by atoms with Crippen molar-refractivity contribution in [2.24, 2.45) is 0 Å². The SMILES string of the molecule is O=S(=O)(Nc1ccc2c(c1)CN(S(=O)(=O)c1cccs1)CC2)c1ccccc1Cl. The van der Waals surface area contributed by atoms with Gasteiger partial charge in [0, 0.05) is 18.8 Å². The number of anilines is 1. The standard InChI is InChI=1S/C19H17ClN2O4S3/c20-17-4-1-2-5-18(17)28(23,24)21-16-8-7-14-9-10-22(13-15(14)12-16)29(25,26)19-6-3-11-27-19/h1-8,11-12,21H,9-10,13H2. The van der Waals surface area contributed by atoms with Crippen molar-refractivity contribution in [3.05, 3.63) is 76.1 Å². The quantitative estimate of drug-likeness (QED) is 0.614. The number of benzene rings is 2. The van der Waals surface area contributed by atoms with Crippen LogP contribution < -0.4 is 4.72 Å². The fraction of sp³-hybridized carbons (Fsp3) is 0.158. The van der Waals surface area contributed by atoms with Crippen molar-refractivity contribution < 1.29 is 16.8 Å². The molecular weight excluding hydrogens is 452 g/mol. The zero-order valence-electron chi connectivity index (χ0n) is 15.1. The lowest BCUT2D eigenvalue weighted by Gasteiger charge is -2.28. The van der Waals surface area contributed by atoms with Crippen LogP contribution in [0.25, 0.3) is 0 Å². The van der Waals surface area contributed by atoms with Crippen LogP contribution in [0.4, 0.5) is 5.69 Å². The average molecular weight is 469 g/mol. The Balaban J connectivity index is 1.61. The molecule has 1 aliphatic rings. The van der Waals surface area contributed by atoms with E-state index in [0.29, 0.717) is 22.9 Å². The highest BCUT2D eigenvalue weighted by Gasteiger charge is 2.29. The lowest BCUT2D eigenvalue weighted by atomic mass is 10.0. The Hall–Kier alpha value is -1.91. The number of fused-ring (bicyclic) bond motifs is 1. The minimum absolute atomic E-state index is 0.0127. The van der Waals surface area contributed by atoms with Gasteiger partial charge in [0.15, 0.2) is 0 Å². The number of hydrogen-bond acceptors (Lipinski definition) is 5. The van der Waals surface area contributed by atoms with Gasteiger partial charge in [0.1, 0.15) is 9.10 Å². The lowest BCUT2D eigenvalue weighted by molar-refractivity contribution is 0.392. The third-order valence-electron chi connectivity index (χ3n) is 4.65. The maximum atomic E-state index is 12.8. The maximum absolute atomic E-state index is 12.8. The number of halogens is 1. The Morgan fingerprint density at radius 1 is 0.966 bits per heavy atom. The van der Waals surface area contributed by atoms with Crippen LogP contribution >= 0.6 is 22.9 Å². The minimum Gasteiger partial charge on any atom is -0.280 e. The monoisotopic (exact) mass is 468 g/mol. The van der Waals surface area contributed by atoms with Gasteiger partial charge in [0.05, 0.1) is 5.02 Å². The van der Waals surface area contributed by atoms with E-state index >= 15 is 0 Å². The summed E-state index contributed by atoms with van der Waals surface area (Å²) in [5.41, 5.74) is 2.14. The summed E-state index contributed by atoms with van der Waals surface area (Å²) < 4.78 is 55.2. The fourth-order valence-corrected chi connectivity index (χ4v) is 7.34. The number of nitrogens with one attached hydrogen (secondary N) is 1. The molecule has 10 heteroatoms. The summed E-state index contributed by atoms with van der Waals surface area (Å²) in [5.74, 6) is 0. The van der Waals surface area contributed by atoms with Crippen molar-refractivity contribution in [3.63, 3.8) is 0 Å². The zero-order valence-corrected chi connectivity index (χ0v) is 18.3. The molecule has 1 N–H and O–H groups in total. The molecule has 0 amide bonds. The molecule has 0 unspecified atom stereocenters. The molecule has 2 aromatic carbocycles. The molecule has 0 spiro atoms. The number of rotatable bonds is 5. The molecule has 2 heterocycles. The van der Waals surface area contributed by atoms with Crippen LogP contribution in [0.3, 0.4) is 0 Å². The molecule has 0 aliphatic carbocycles. The predicted molar refractivity (Wildman–Crippen MR) is 114 cm³/mol. The Bertz CT molecular complexity index is 1260. The summed E-state index contributed by atoms with van der Waals surface area (Å²) in [6, 6.07) is 14.7. The van der Waals surface area contributed by atoms with Crippen LogP contribution in [0.15, 0.2) is 69.1 Å². The summed E-state index contributed by atoms with van der Waals surface area (Å²) in [5, 5.41) is 1.86. The fourth-order valence-electron chi connectivity index (χ4n) is 3.21. The third kappa shape index (κ3) is 4.06. The molecule has 152 valence electrons. The van der Waals surface area contributed by atoms with Gasteiger partial charge in [-0.25, -0.2) is 16.8 Å². The van der Waals surface area contributed by atoms with Crippen LogP contribution in [0.1, 0.15) is 11.1 Å². The van der Waals surface area contributed by atoms with Crippen LogP contribution in [0, 0.1) is 0 Å². The van der Waals surface area contributed by atoms with Crippen molar-refractivity contribution >= 4 is 48.7 Å². The van der Waals surface area contributed by atoms with Crippen molar-refractivity contribution in [2.75, 3.05) is 11.3 Å². The lowest BCUT2D eigenvalue weighted by Crippen LogP contribution is -2.35. The van der Waals surface area contributed by atoms with E-state index in [9.17, 15) is 16.8 Å². The van der Waals surface area contributed by atoms with Crippen molar-refractivity contribution in [1.29, 1.82) is 0 Å². The second kappa shape index (κ2) is 7.73. The van der Waals surface area contributed by atoms with Gasteiger partial charge in [0.25, 0.3) is 20.0 Å². The second-order valence-electron chi connectivity index (χ2n) is 6.54. The minimum atomic E-state index is -3.86. The highest BCUT2D eigenvalue weighted by Crippen LogP contribution is 2.30. The molecule has 0 saturated heterocycles. The Kier molecular flexibility index (Phi) is 5.43. The summed E-state index contributed by atoms with van der Waals surface area (Å²) in [6.07, 6.45) is 0.567. The Morgan fingerprint density at radius 2 is 1.76 bits per heavy atom. The van der Waals surface area contributed by atoms with Crippen LogP contribution in [-0.4, -0.2) is 27.7 Å². The average Bonchev–Trinajstić information content (AvgIpc) is 3.23. The van der Waals surface area contributed by atoms with Gasteiger partial charge < -0.3 is 0 Å². The topological polar surface area (TPSA) is 83.6 Å².